The molecule has 0 aliphatic carbocycles. The van der Waals surface area contributed by atoms with E-state index in [1.165, 1.54) is 24.2 Å². The van der Waals surface area contributed by atoms with Crippen molar-refractivity contribution in [1.82, 2.24) is 9.55 Å². The number of anilines is 1. The lowest BCUT2D eigenvalue weighted by Gasteiger charge is -2.10. The molecule has 0 bridgehead atoms. The fourth-order valence-corrected chi connectivity index (χ4v) is 3.99. The quantitative estimate of drug-likeness (QED) is 0.303. The van der Waals surface area contributed by atoms with E-state index in [1.54, 1.807) is 20.0 Å². The van der Waals surface area contributed by atoms with Gasteiger partial charge in [0.05, 0.1) is 17.9 Å². The van der Waals surface area contributed by atoms with Crippen LogP contribution in [0, 0.1) is 20.8 Å². The highest BCUT2D eigenvalue weighted by molar-refractivity contribution is 7.99. The third kappa shape index (κ3) is 4.94. The van der Waals surface area contributed by atoms with Crippen LogP contribution in [0.3, 0.4) is 0 Å². The average molecular weight is 456 g/mol. The van der Waals surface area contributed by atoms with Crippen LogP contribution in [0.25, 0.3) is 5.69 Å². The molecule has 9 heteroatoms. The van der Waals surface area contributed by atoms with Gasteiger partial charge in [-0.1, -0.05) is 17.8 Å². The molecule has 0 saturated carbocycles. The molecule has 1 amide bonds. The van der Waals surface area contributed by atoms with Crippen molar-refractivity contribution in [2.75, 3.05) is 17.7 Å². The molecule has 1 N–H and O–H groups in total. The highest BCUT2D eigenvalue weighted by Gasteiger charge is 2.28. The van der Waals surface area contributed by atoms with Crippen molar-refractivity contribution in [3.8, 4) is 5.69 Å². The van der Waals surface area contributed by atoms with Crippen molar-refractivity contribution in [2.24, 2.45) is 0 Å². The van der Waals surface area contributed by atoms with Gasteiger partial charge in [0.2, 0.25) is 11.8 Å². The average Bonchev–Trinajstić information content (AvgIpc) is 3.32. The maximum atomic E-state index is 12.6. The summed E-state index contributed by atoms with van der Waals surface area (Å²) in [5, 5.41) is 3.23. The van der Waals surface area contributed by atoms with Gasteiger partial charge in [-0.05, 0) is 57.9 Å². The second-order valence-corrected chi connectivity index (χ2v) is 8.14. The molecule has 0 aliphatic heterocycles. The van der Waals surface area contributed by atoms with Crippen LogP contribution in [0.4, 0.5) is 5.88 Å². The first kappa shape index (κ1) is 23.3. The van der Waals surface area contributed by atoms with Gasteiger partial charge in [-0.2, -0.15) is 0 Å². The van der Waals surface area contributed by atoms with Gasteiger partial charge in [0.1, 0.15) is 11.3 Å². The molecule has 0 aliphatic rings. The van der Waals surface area contributed by atoms with E-state index in [9.17, 15) is 14.4 Å². The van der Waals surface area contributed by atoms with Gasteiger partial charge in [-0.3, -0.25) is 19.5 Å². The number of thioether (sulfide) groups is 1. The van der Waals surface area contributed by atoms with E-state index in [2.05, 4.69) is 16.4 Å². The summed E-state index contributed by atoms with van der Waals surface area (Å²) in [5.41, 5.74) is 3.35. The number of imidazole rings is 1. The summed E-state index contributed by atoms with van der Waals surface area (Å²) < 4.78 is 12.5. The maximum absolute atomic E-state index is 12.6. The smallest absolute Gasteiger partial charge is 0.344 e. The van der Waals surface area contributed by atoms with Crippen molar-refractivity contribution in [3.05, 3.63) is 58.6 Å². The van der Waals surface area contributed by atoms with E-state index in [4.69, 9.17) is 9.15 Å². The predicted octanol–water partition coefficient (Wildman–Crippen LogP) is 4.50. The molecule has 1 aromatic carbocycles. The number of carbonyl (C=O) groups excluding carboxylic acids is 3. The number of carbonyl (C=O) groups is 3. The summed E-state index contributed by atoms with van der Waals surface area (Å²) in [5.74, 6) is -1.29. The molecule has 32 heavy (non-hydrogen) atoms. The minimum atomic E-state index is -0.720. The van der Waals surface area contributed by atoms with Gasteiger partial charge >= 0.3 is 5.97 Å². The molecular weight excluding hydrogens is 430 g/mol. The number of aryl methyl sites for hydroxylation is 3. The molecule has 0 fully saturated rings. The lowest BCUT2D eigenvalue weighted by Crippen LogP contribution is -2.18. The highest BCUT2D eigenvalue weighted by atomic mass is 32.2. The van der Waals surface area contributed by atoms with Gasteiger partial charge in [0, 0.05) is 18.1 Å². The molecule has 0 saturated heterocycles. The first-order valence-corrected chi connectivity index (χ1v) is 11.1. The zero-order valence-corrected chi connectivity index (χ0v) is 19.5. The molecule has 168 valence electrons. The molecule has 8 nitrogen and oxygen atoms in total. The monoisotopic (exact) mass is 455 g/mol. The largest absolute Gasteiger partial charge is 0.462 e. The number of nitrogens with zero attached hydrogens (tertiary/aromatic N) is 2. The Morgan fingerprint density at radius 1 is 1.16 bits per heavy atom. The van der Waals surface area contributed by atoms with Crippen LogP contribution >= 0.6 is 11.8 Å². The fraction of sp³-hybridized carbons (Fsp3) is 0.304. The summed E-state index contributed by atoms with van der Waals surface area (Å²) in [6.45, 7) is 8.76. The van der Waals surface area contributed by atoms with E-state index in [1.807, 2.05) is 36.7 Å². The minimum Gasteiger partial charge on any atom is -0.462 e. The Hall–Kier alpha value is -3.33. The molecule has 2 aromatic heterocycles. The minimum absolute atomic E-state index is 0.0271. The Balaban J connectivity index is 1.76. The predicted molar refractivity (Wildman–Crippen MR) is 122 cm³/mol. The molecule has 0 spiro atoms. The Morgan fingerprint density at radius 2 is 1.91 bits per heavy atom. The lowest BCUT2D eigenvalue weighted by atomic mass is 10.1. The molecule has 0 atom stereocenters. The van der Waals surface area contributed by atoms with E-state index < -0.39 is 11.9 Å². The van der Waals surface area contributed by atoms with E-state index in [0.29, 0.717) is 5.16 Å². The maximum Gasteiger partial charge on any atom is 0.344 e. The number of ketones is 1. The van der Waals surface area contributed by atoms with E-state index in [0.717, 1.165) is 11.3 Å². The van der Waals surface area contributed by atoms with Crippen LogP contribution in [0.15, 0.2) is 40.2 Å². The molecule has 3 aromatic rings. The lowest BCUT2D eigenvalue weighted by molar-refractivity contribution is -0.113. The third-order valence-electron chi connectivity index (χ3n) is 4.88. The van der Waals surface area contributed by atoms with Gasteiger partial charge in [-0.15, -0.1) is 0 Å². The van der Waals surface area contributed by atoms with Crippen molar-refractivity contribution in [1.29, 1.82) is 0 Å². The first-order valence-electron chi connectivity index (χ1n) is 10.1. The number of ether oxygens (including phenoxy) is 1. The number of hydrogen-bond acceptors (Lipinski definition) is 7. The van der Waals surface area contributed by atoms with Crippen molar-refractivity contribution < 1.29 is 23.5 Å². The highest BCUT2D eigenvalue weighted by Crippen LogP contribution is 2.29. The van der Waals surface area contributed by atoms with Crippen LogP contribution < -0.4 is 5.32 Å². The molecule has 2 heterocycles. The van der Waals surface area contributed by atoms with Crippen molar-refractivity contribution in [2.45, 2.75) is 39.8 Å². The topological polar surface area (TPSA) is 103 Å². The Labute approximate surface area is 190 Å². The molecular formula is C23H25N3O5S. The number of nitrogens with one attached hydrogen (secondary N) is 1. The van der Waals surface area contributed by atoms with Crippen molar-refractivity contribution >= 4 is 35.3 Å². The van der Waals surface area contributed by atoms with Crippen LogP contribution in [-0.4, -0.2) is 39.6 Å². The Bertz CT molecular complexity index is 1180. The molecule has 0 unspecified atom stereocenters. The zero-order valence-electron chi connectivity index (χ0n) is 18.6. The van der Waals surface area contributed by atoms with Gasteiger partial charge in [0.25, 0.3) is 0 Å². The number of hydrogen-bond donors (Lipinski definition) is 1. The number of benzene rings is 1. The third-order valence-corrected chi connectivity index (χ3v) is 5.84. The summed E-state index contributed by atoms with van der Waals surface area (Å²) in [4.78, 5) is 41.3. The van der Waals surface area contributed by atoms with Gasteiger partial charge < -0.3 is 9.15 Å². The first-order chi connectivity index (χ1) is 15.2. The number of amides is 1. The Morgan fingerprint density at radius 3 is 2.56 bits per heavy atom. The summed E-state index contributed by atoms with van der Waals surface area (Å²) in [7, 11) is 0. The number of rotatable bonds is 8. The van der Waals surface area contributed by atoms with Crippen LogP contribution in [-0.2, 0) is 9.53 Å². The summed E-state index contributed by atoms with van der Waals surface area (Å²) in [6.07, 6.45) is 3.50. The van der Waals surface area contributed by atoms with Crippen LogP contribution in [0.5, 0.6) is 0 Å². The Kier molecular flexibility index (Phi) is 7.19. The normalized spacial score (nSPS) is 10.8. The number of aromatic nitrogens is 2. The van der Waals surface area contributed by atoms with Crippen LogP contribution in [0.1, 0.15) is 51.5 Å². The summed E-state index contributed by atoms with van der Waals surface area (Å²) >= 11 is 1.24. The zero-order chi connectivity index (χ0) is 23.4. The van der Waals surface area contributed by atoms with E-state index >= 15 is 0 Å². The summed E-state index contributed by atoms with van der Waals surface area (Å²) in [6, 6.07) is 6.09. The second kappa shape index (κ2) is 9.86. The number of furan rings is 1. The molecule has 0 radical (unpaired) electrons. The SMILES string of the molecule is CCOC(=O)c1c(NC(=O)CSc2nccn2-c2ccc(C)c(C)c2)oc(C)c1C(C)=O. The van der Waals surface area contributed by atoms with Crippen LogP contribution in [0.2, 0.25) is 0 Å². The molecule has 3 rings (SSSR count). The number of Topliss-reactive ketones (excluding diaryl/α,β-unsaturated/α-hetero) is 1. The standard InChI is InChI=1S/C23H25N3O5S/c1-6-30-22(29)20-19(15(4)27)16(5)31-21(20)25-18(28)12-32-23-24-9-10-26(23)17-8-7-13(2)14(3)11-17/h7-11H,6,12H2,1-5H3,(H,25,28). The number of esters is 1. The fourth-order valence-electron chi connectivity index (χ4n) is 3.22. The second-order valence-electron chi connectivity index (χ2n) is 7.20. The van der Waals surface area contributed by atoms with Gasteiger partial charge in [0.15, 0.2) is 10.9 Å². The van der Waals surface area contributed by atoms with E-state index in [-0.39, 0.29) is 40.9 Å². The van der Waals surface area contributed by atoms with Crippen molar-refractivity contribution in [3.63, 3.8) is 0 Å². The van der Waals surface area contributed by atoms with Gasteiger partial charge in [-0.25, -0.2) is 9.78 Å².